The highest BCUT2D eigenvalue weighted by Gasteiger charge is 2.33. The van der Waals surface area contributed by atoms with Gasteiger partial charge >= 0.3 is 5.97 Å². The molecule has 1 unspecified atom stereocenters. The van der Waals surface area contributed by atoms with Crippen molar-refractivity contribution in [2.24, 2.45) is 0 Å². The van der Waals surface area contributed by atoms with E-state index in [1.54, 1.807) is 6.92 Å². The first kappa shape index (κ1) is 13.4. The monoisotopic (exact) mass is 268 g/mol. The summed E-state index contributed by atoms with van der Waals surface area (Å²) in [7, 11) is 0. The van der Waals surface area contributed by atoms with Crippen molar-refractivity contribution in [1.29, 1.82) is 0 Å². The van der Waals surface area contributed by atoms with Gasteiger partial charge in [-0.2, -0.15) is 0 Å². The molecule has 2 atom stereocenters. The zero-order valence-corrected chi connectivity index (χ0v) is 10.2. The van der Waals surface area contributed by atoms with Crippen LogP contribution in [0.1, 0.15) is 17.4 Å². The highest BCUT2D eigenvalue weighted by Crippen LogP contribution is 2.14. The number of carboxylic acids is 1. The number of hydrogen-bond acceptors (Lipinski definition) is 4. The predicted octanol–water partition coefficient (Wildman–Crippen LogP) is 0.535. The van der Waals surface area contributed by atoms with Crippen molar-refractivity contribution in [3.8, 4) is 0 Å². The van der Waals surface area contributed by atoms with Crippen LogP contribution < -0.4 is 0 Å². The van der Waals surface area contributed by atoms with Crippen molar-refractivity contribution in [2.45, 2.75) is 19.1 Å². The zero-order valence-electron chi connectivity index (χ0n) is 10.2. The Balaban J connectivity index is 2.14. The summed E-state index contributed by atoms with van der Waals surface area (Å²) < 4.78 is 17.9. The Bertz CT molecular complexity index is 491. The number of aromatic nitrogens is 1. The molecule has 1 aliphatic rings. The molecule has 0 spiro atoms. The molecular weight excluding hydrogens is 255 g/mol. The summed E-state index contributed by atoms with van der Waals surface area (Å²) in [5.74, 6) is -2.08. The number of halogens is 1. The molecule has 0 aliphatic carbocycles. The zero-order chi connectivity index (χ0) is 14.0. The van der Waals surface area contributed by atoms with Crippen LogP contribution in [0.5, 0.6) is 0 Å². The molecule has 1 aromatic heterocycles. The number of nitrogens with zero attached hydrogens (tertiary/aromatic N) is 2. The van der Waals surface area contributed by atoms with Gasteiger partial charge < -0.3 is 14.7 Å². The molecule has 1 saturated heterocycles. The van der Waals surface area contributed by atoms with E-state index < -0.39 is 23.8 Å². The van der Waals surface area contributed by atoms with Gasteiger partial charge in [0.05, 0.1) is 18.8 Å². The summed E-state index contributed by atoms with van der Waals surface area (Å²) in [6, 6.07) is 2.41. The van der Waals surface area contributed by atoms with E-state index in [1.807, 2.05) is 0 Å². The van der Waals surface area contributed by atoms with Gasteiger partial charge in [-0.15, -0.1) is 0 Å². The summed E-state index contributed by atoms with van der Waals surface area (Å²) in [5.41, 5.74) is 0.0830. The largest absolute Gasteiger partial charge is 0.479 e. The van der Waals surface area contributed by atoms with E-state index in [9.17, 15) is 14.0 Å². The summed E-state index contributed by atoms with van der Waals surface area (Å²) in [5, 5.41) is 8.93. The standard InChI is InChI=1S/C12H13FN2O4/c1-7-5-15(6-10(19-7)12(17)18)11(16)9-3-2-8(13)4-14-9/h2-4,7,10H,5-6H2,1H3,(H,17,18)/t7-,10?/m1/s1. The first-order valence-electron chi connectivity index (χ1n) is 5.76. The second-order valence-corrected chi connectivity index (χ2v) is 4.35. The molecule has 0 aromatic carbocycles. The minimum absolute atomic E-state index is 0.0441. The first-order chi connectivity index (χ1) is 8.97. The van der Waals surface area contributed by atoms with Gasteiger partial charge in [0.2, 0.25) is 0 Å². The number of hydrogen-bond donors (Lipinski definition) is 1. The van der Waals surface area contributed by atoms with E-state index in [1.165, 1.54) is 11.0 Å². The maximum absolute atomic E-state index is 12.7. The van der Waals surface area contributed by atoms with Gasteiger partial charge in [0.25, 0.3) is 5.91 Å². The number of amides is 1. The molecule has 0 bridgehead atoms. The van der Waals surface area contributed by atoms with Crippen LogP contribution in [0.3, 0.4) is 0 Å². The normalized spacial score (nSPS) is 23.2. The molecule has 1 N–H and O–H groups in total. The molecule has 2 heterocycles. The molecule has 1 fully saturated rings. The highest BCUT2D eigenvalue weighted by molar-refractivity contribution is 5.92. The van der Waals surface area contributed by atoms with E-state index >= 15 is 0 Å². The third-order valence-electron chi connectivity index (χ3n) is 2.77. The third kappa shape index (κ3) is 3.05. The van der Waals surface area contributed by atoms with Crippen LogP contribution >= 0.6 is 0 Å². The van der Waals surface area contributed by atoms with Crippen molar-refractivity contribution >= 4 is 11.9 Å². The second-order valence-electron chi connectivity index (χ2n) is 4.35. The lowest BCUT2D eigenvalue weighted by Gasteiger charge is -2.34. The third-order valence-corrected chi connectivity index (χ3v) is 2.77. The topological polar surface area (TPSA) is 79.7 Å². The second kappa shape index (κ2) is 5.31. The van der Waals surface area contributed by atoms with Crippen molar-refractivity contribution in [1.82, 2.24) is 9.88 Å². The predicted molar refractivity (Wildman–Crippen MR) is 62.1 cm³/mol. The maximum Gasteiger partial charge on any atom is 0.334 e. The Labute approximate surface area is 108 Å². The molecule has 7 heteroatoms. The minimum Gasteiger partial charge on any atom is -0.479 e. The Morgan fingerprint density at radius 2 is 2.21 bits per heavy atom. The molecule has 1 amide bonds. The van der Waals surface area contributed by atoms with E-state index in [0.717, 1.165) is 12.3 Å². The number of pyridine rings is 1. The van der Waals surface area contributed by atoms with Crippen LogP contribution in [0.4, 0.5) is 4.39 Å². The minimum atomic E-state index is -1.11. The summed E-state index contributed by atoms with van der Waals surface area (Å²) in [6.07, 6.45) is -0.474. The summed E-state index contributed by atoms with van der Waals surface area (Å²) >= 11 is 0. The average Bonchev–Trinajstić information content (AvgIpc) is 2.38. The van der Waals surface area contributed by atoms with Gasteiger partial charge in [0.15, 0.2) is 6.10 Å². The van der Waals surface area contributed by atoms with Crippen molar-refractivity contribution in [2.75, 3.05) is 13.1 Å². The molecule has 19 heavy (non-hydrogen) atoms. The number of morpholine rings is 1. The molecular formula is C12H13FN2O4. The van der Waals surface area contributed by atoms with E-state index in [4.69, 9.17) is 9.84 Å². The van der Waals surface area contributed by atoms with Crippen LogP contribution in [0, 0.1) is 5.82 Å². The quantitative estimate of drug-likeness (QED) is 0.846. The molecule has 1 aromatic rings. The van der Waals surface area contributed by atoms with Crippen LogP contribution in [-0.2, 0) is 9.53 Å². The number of rotatable bonds is 2. The molecule has 0 saturated carbocycles. The van der Waals surface area contributed by atoms with Gasteiger partial charge in [0.1, 0.15) is 11.5 Å². The molecule has 1 aliphatic heterocycles. The number of carbonyl (C=O) groups excluding carboxylic acids is 1. The van der Waals surface area contributed by atoms with Gasteiger partial charge in [-0.25, -0.2) is 14.2 Å². The highest BCUT2D eigenvalue weighted by atomic mass is 19.1. The number of aliphatic carboxylic acids is 1. The summed E-state index contributed by atoms with van der Waals surface area (Å²) in [4.78, 5) is 28.1. The van der Waals surface area contributed by atoms with Crippen LogP contribution in [0.15, 0.2) is 18.3 Å². The summed E-state index contributed by atoms with van der Waals surface area (Å²) in [6.45, 7) is 1.92. The Morgan fingerprint density at radius 1 is 1.47 bits per heavy atom. The van der Waals surface area contributed by atoms with Gasteiger partial charge in [-0.3, -0.25) is 4.79 Å². The van der Waals surface area contributed by atoms with Crippen LogP contribution in [-0.4, -0.2) is 52.2 Å². The van der Waals surface area contributed by atoms with E-state index in [-0.39, 0.29) is 24.9 Å². The lowest BCUT2D eigenvalue weighted by atomic mass is 10.2. The lowest BCUT2D eigenvalue weighted by Crippen LogP contribution is -2.51. The SMILES string of the molecule is C[C@@H]1CN(C(=O)c2ccc(F)cn2)CC(C(=O)O)O1. The van der Waals surface area contributed by atoms with E-state index in [0.29, 0.717) is 0 Å². The molecule has 102 valence electrons. The van der Waals surface area contributed by atoms with Gasteiger partial charge in [-0.1, -0.05) is 0 Å². The average molecular weight is 268 g/mol. The van der Waals surface area contributed by atoms with Crippen molar-refractivity contribution in [3.63, 3.8) is 0 Å². The lowest BCUT2D eigenvalue weighted by molar-refractivity contribution is -0.160. The fraction of sp³-hybridized carbons (Fsp3) is 0.417. The van der Waals surface area contributed by atoms with Crippen molar-refractivity contribution in [3.05, 3.63) is 29.8 Å². The Hall–Kier alpha value is -2.02. The number of carboxylic acid groups (broad SMARTS) is 1. The van der Waals surface area contributed by atoms with Crippen molar-refractivity contribution < 1.29 is 23.8 Å². The molecule has 6 nitrogen and oxygen atoms in total. The van der Waals surface area contributed by atoms with Gasteiger partial charge in [-0.05, 0) is 19.1 Å². The van der Waals surface area contributed by atoms with E-state index in [2.05, 4.69) is 4.98 Å². The molecule has 2 rings (SSSR count). The van der Waals surface area contributed by atoms with Crippen LogP contribution in [0.2, 0.25) is 0 Å². The smallest absolute Gasteiger partial charge is 0.334 e. The Kier molecular flexibility index (Phi) is 3.75. The first-order valence-corrected chi connectivity index (χ1v) is 5.76. The van der Waals surface area contributed by atoms with Gasteiger partial charge in [0, 0.05) is 6.54 Å². The molecule has 0 radical (unpaired) electrons. The number of ether oxygens (including phenoxy) is 1. The fourth-order valence-electron chi connectivity index (χ4n) is 1.92. The fourth-order valence-corrected chi connectivity index (χ4v) is 1.92. The van der Waals surface area contributed by atoms with Crippen LogP contribution in [0.25, 0.3) is 0 Å². The Morgan fingerprint density at radius 3 is 2.79 bits per heavy atom. The number of carbonyl (C=O) groups is 2. The maximum atomic E-state index is 12.7.